The number of aryl methyl sites for hydroxylation is 3. The average Bonchev–Trinajstić information content (AvgIpc) is 3.31. The molecule has 4 rings (SSSR count). The molecule has 11 heteroatoms. The standard InChI is InChI=1S/C24H26Cl2N6O3/c1-2-35-22(33)13-20(16-10-17(25)12-18(26)11-16)30-24(34)21-14-28-32(31-21)9-7-19-6-5-15-4-3-8-27-23(15)29-19/h5-6,10-12,14,20H,2-4,7-9,13H2,1H3,(H,27,29)(H,30,34)/t20-/m0/s1. The van der Waals surface area contributed by atoms with Crippen molar-refractivity contribution < 1.29 is 14.3 Å². The van der Waals surface area contributed by atoms with Crippen LogP contribution in [0.25, 0.3) is 0 Å². The highest BCUT2D eigenvalue weighted by molar-refractivity contribution is 6.34. The molecule has 9 nitrogen and oxygen atoms in total. The molecule has 0 saturated carbocycles. The SMILES string of the molecule is CCOC(=O)C[C@H](NC(=O)c1cnn(CCc2ccc3c(n2)NCCC3)n1)c1cc(Cl)cc(Cl)c1. The van der Waals surface area contributed by atoms with Gasteiger partial charge in [-0.05, 0) is 55.2 Å². The molecule has 1 aliphatic heterocycles. The van der Waals surface area contributed by atoms with Crippen LogP contribution >= 0.6 is 23.2 Å². The number of carbonyl (C=O) groups excluding carboxylic acids is 2. The van der Waals surface area contributed by atoms with Crippen molar-refractivity contribution in [3.63, 3.8) is 0 Å². The van der Waals surface area contributed by atoms with Crippen LogP contribution in [0.2, 0.25) is 10.0 Å². The number of benzene rings is 1. The Morgan fingerprint density at radius 3 is 2.80 bits per heavy atom. The highest BCUT2D eigenvalue weighted by Crippen LogP contribution is 2.26. The van der Waals surface area contributed by atoms with Crippen LogP contribution in [0.15, 0.2) is 36.5 Å². The minimum absolute atomic E-state index is 0.0809. The van der Waals surface area contributed by atoms with Crippen molar-refractivity contribution in [2.45, 2.75) is 45.2 Å². The summed E-state index contributed by atoms with van der Waals surface area (Å²) >= 11 is 12.3. The number of rotatable bonds is 9. The largest absolute Gasteiger partial charge is 0.466 e. The van der Waals surface area contributed by atoms with Gasteiger partial charge in [-0.1, -0.05) is 29.3 Å². The van der Waals surface area contributed by atoms with Crippen LogP contribution in [-0.2, 0) is 28.9 Å². The van der Waals surface area contributed by atoms with Crippen molar-refractivity contribution in [1.29, 1.82) is 0 Å². The molecule has 1 aromatic carbocycles. The number of esters is 1. The fourth-order valence-electron chi connectivity index (χ4n) is 3.88. The molecule has 1 aliphatic rings. The molecule has 0 fully saturated rings. The molecule has 0 saturated heterocycles. The van der Waals surface area contributed by atoms with Gasteiger partial charge in [0, 0.05) is 28.7 Å². The summed E-state index contributed by atoms with van der Waals surface area (Å²) < 4.78 is 5.06. The predicted octanol–water partition coefficient (Wildman–Crippen LogP) is 4.01. The lowest BCUT2D eigenvalue weighted by molar-refractivity contribution is -0.143. The molecule has 1 amide bonds. The van der Waals surface area contributed by atoms with E-state index in [2.05, 4.69) is 31.9 Å². The zero-order valence-electron chi connectivity index (χ0n) is 19.3. The van der Waals surface area contributed by atoms with Crippen molar-refractivity contribution in [3.8, 4) is 0 Å². The molecule has 0 aliphatic carbocycles. The first kappa shape index (κ1) is 24.9. The number of anilines is 1. The van der Waals surface area contributed by atoms with E-state index in [9.17, 15) is 9.59 Å². The van der Waals surface area contributed by atoms with E-state index in [1.54, 1.807) is 25.1 Å². The number of nitrogens with one attached hydrogen (secondary N) is 2. The van der Waals surface area contributed by atoms with Gasteiger partial charge in [-0.15, -0.1) is 5.10 Å². The van der Waals surface area contributed by atoms with E-state index in [1.807, 2.05) is 6.07 Å². The summed E-state index contributed by atoms with van der Waals surface area (Å²) in [6.45, 7) is 3.35. The van der Waals surface area contributed by atoms with Crippen molar-refractivity contribution in [1.82, 2.24) is 25.3 Å². The van der Waals surface area contributed by atoms with Crippen LogP contribution in [0, 0.1) is 0 Å². The van der Waals surface area contributed by atoms with Gasteiger partial charge in [-0.2, -0.15) is 9.90 Å². The minimum Gasteiger partial charge on any atom is -0.466 e. The van der Waals surface area contributed by atoms with Gasteiger partial charge in [-0.25, -0.2) is 4.98 Å². The lowest BCUT2D eigenvalue weighted by Gasteiger charge is -2.18. The third-order valence-corrected chi connectivity index (χ3v) is 5.99. The van der Waals surface area contributed by atoms with Crippen molar-refractivity contribution >= 4 is 40.9 Å². The van der Waals surface area contributed by atoms with Crippen molar-refractivity contribution in [2.24, 2.45) is 0 Å². The number of hydrogen-bond donors (Lipinski definition) is 2. The minimum atomic E-state index is -0.699. The normalized spacial score (nSPS) is 13.5. The number of amides is 1. The van der Waals surface area contributed by atoms with E-state index in [4.69, 9.17) is 27.9 Å². The highest BCUT2D eigenvalue weighted by atomic mass is 35.5. The number of pyridine rings is 1. The Morgan fingerprint density at radius 1 is 1.23 bits per heavy atom. The Hall–Kier alpha value is -3.17. The highest BCUT2D eigenvalue weighted by Gasteiger charge is 2.22. The monoisotopic (exact) mass is 516 g/mol. The Morgan fingerprint density at radius 2 is 2.03 bits per heavy atom. The van der Waals surface area contributed by atoms with E-state index < -0.39 is 17.9 Å². The van der Waals surface area contributed by atoms with Crippen LogP contribution in [0.4, 0.5) is 5.82 Å². The van der Waals surface area contributed by atoms with Crippen LogP contribution < -0.4 is 10.6 Å². The molecule has 2 aromatic heterocycles. The van der Waals surface area contributed by atoms with E-state index in [0.717, 1.165) is 30.9 Å². The number of carbonyl (C=O) groups is 2. The molecule has 184 valence electrons. The molecule has 3 heterocycles. The quantitative estimate of drug-likeness (QED) is 0.413. The van der Waals surface area contributed by atoms with Gasteiger partial charge >= 0.3 is 5.97 Å². The van der Waals surface area contributed by atoms with Crippen LogP contribution in [0.3, 0.4) is 0 Å². The number of hydrogen-bond acceptors (Lipinski definition) is 7. The number of nitrogens with zero attached hydrogens (tertiary/aromatic N) is 4. The van der Waals surface area contributed by atoms with E-state index in [-0.39, 0.29) is 18.7 Å². The first-order valence-electron chi connectivity index (χ1n) is 11.5. The lowest BCUT2D eigenvalue weighted by atomic mass is 10.0. The first-order valence-corrected chi connectivity index (χ1v) is 12.2. The summed E-state index contributed by atoms with van der Waals surface area (Å²) in [6, 6.07) is 8.29. The number of aromatic nitrogens is 4. The average molecular weight is 517 g/mol. The second kappa shape index (κ2) is 11.5. The van der Waals surface area contributed by atoms with Gasteiger partial charge in [0.15, 0.2) is 5.69 Å². The molecule has 0 spiro atoms. The lowest BCUT2D eigenvalue weighted by Crippen LogP contribution is -2.31. The van der Waals surface area contributed by atoms with Crippen molar-refractivity contribution in [3.05, 3.63) is 69.1 Å². The Kier molecular flexibility index (Phi) is 8.20. The number of fused-ring (bicyclic) bond motifs is 1. The third-order valence-electron chi connectivity index (χ3n) is 5.56. The maximum absolute atomic E-state index is 12.9. The molecule has 3 aromatic rings. The van der Waals surface area contributed by atoms with Gasteiger partial charge in [-0.3, -0.25) is 9.59 Å². The van der Waals surface area contributed by atoms with Gasteiger partial charge in [0.25, 0.3) is 5.91 Å². The van der Waals surface area contributed by atoms with E-state index >= 15 is 0 Å². The maximum Gasteiger partial charge on any atom is 0.308 e. The Bertz CT molecular complexity index is 1200. The van der Waals surface area contributed by atoms with Gasteiger partial charge in [0.1, 0.15) is 5.82 Å². The zero-order chi connectivity index (χ0) is 24.8. The summed E-state index contributed by atoms with van der Waals surface area (Å²) in [4.78, 5) is 31.2. The summed E-state index contributed by atoms with van der Waals surface area (Å²) in [5.41, 5.74) is 2.87. The second-order valence-electron chi connectivity index (χ2n) is 8.15. The Balaban J connectivity index is 1.42. The fraction of sp³-hybridized carbons (Fsp3) is 0.375. The van der Waals surface area contributed by atoms with Gasteiger partial charge in [0.05, 0.1) is 31.8 Å². The molecule has 0 bridgehead atoms. The molecule has 0 unspecified atom stereocenters. The molecule has 2 N–H and O–H groups in total. The van der Waals surface area contributed by atoms with Gasteiger partial charge in [0.2, 0.25) is 0 Å². The van der Waals surface area contributed by atoms with Crippen LogP contribution in [0.1, 0.15) is 53.1 Å². The van der Waals surface area contributed by atoms with Crippen LogP contribution in [-0.4, -0.2) is 45.0 Å². The topological polar surface area (TPSA) is 111 Å². The molecular formula is C24H26Cl2N6O3. The fourth-order valence-corrected chi connectivity index (χ4v) is 4.42. The van der Waals surface area contributed by atoms with E-state index in [1.165, 1.54) is 16.6 Å². The molecular weight excluding hydrogens is 491 g/mol. The van der Waals surface area contributed by atoms with E-state index in [0.29, 0.717) is 28.6 Å². The predicted molar refractivity (Wildman–Crippen MR) is 133 cm³/mol. The number of halogens is 2. The summed E-state index contributed by atoms with van der Waals surface area (Å²) in [6.07, 6.45) is 4.08. The van der Waals surface area contributed by atoms with Crippen LogP contribution in [0.5, 0.6) is 0 Å². The third kappa shape index (κ3) is 6.70. The molecule has 35 heavy (non-hydrogen) atoms. The van der Waals surface area contributed by atoms with Gasteiger partial charge < -0.3 is 15.4 Å². The molecule has 0 radical (unpaired) electrons. The smallest absolute Gasteiger partial charge is 0.308 e. The summed E-state index contributed by atoms with van der Waals surface area (Å²) in [5.74, 6) is 0.0124. The van der Waals surface area contributed by atoms with Crippen molar-refractivity contribution in [2.75, 3.05) is 18.5 Å². The number of ether oxygens (including phenoxy) is 1. The Labute approximate surface area is 213 Å². The summed E-state index contributed by atoms with van der Waals surface area (Å²) in [5, 5.41) is 15.4. The second-order valence-corrected chi connectivity index (χ2v) is 9.03. The first-order chi connectivity index (χ1) is 16.9. The molecule has 1 atom stereocenters. The summed E-state index contributed by atoms with van der Waals surface area (Å²) in [7, 11) is 0. The maximum atomic E-state index is 12.9. The zero-order valence-corrected chi connectivity index (χ0v) is 20.8.